The highest BCUT2D eigenvalue weighted by Crippen LogP contribution is 2.14. The van der Waals surface area contributed by atoms with Crippen molar-refractivity contribution in [3.8, 4) is 0 Å². The molecule has 0 heterocycles. The number of amides is 2. The van der Waals surface area contributed by atoms with Crippen LogP contribution in [-0.2, 0) is 0 Å². The molecule has 0 fully saturated rings. The van der Waals surface area contributed by atoms with Crippen molar-refractivity contribution in [3.63, 3.8) is 0 Å². The van der Waals surface area contributed by atoms with Gasteiger partial charge in [0.15, 0.2) is 0 Å². The second-order valence-electron chi connectivity index (χ2n) is 5.25. The standard InChI is InChI=1S/C15H21BrN2O/c1-5-18(15(2,3)4)14(19)17-10-9-12-7-6-8-13(16)11-12/h6-11H,5H2,1-4H3,(H,17,19)/b10-9+. The van der Waals surface area contributed by atoms with Crippen molar-refractivity contribution >= 4 is 28.0 Å². The summed E-state index contributed by atoms with van der Waals surface area (Å²) in [6.45, 7) is 8.72. The molecule has 2 amide bonds. The molecule has 0 saturated carbocycles. The van der Waals surface area contributed by atoms with Gasteiger partial charge in [-0.25, -0.2) is 4.79 Å². The summed E-state index contributed by atoms with van der Waals surface area (Å²) < 4.78 is 1.02. The third kappa shape index (κ3) is 5.07. The zero-order valence-electron chi connectivity index (χ0n) is 11.9. The fourth-order valence-corrected chi connectivity index (χ4v) is 2.24. The molecular formula is C15H21BrN2O. The van der Waals surface area contributed by atoms with Crippen LogP contribution in [0.4, 0.5) is 4.79 Å². The SMILES string of the molecule is CCN(C(=O)N/C=C/c1cccc(Br)c1)C(C)(C)C. The highest BCUT2D eigenvalue weighted by molar-refractivity contribution is 9.10. The smallest absolute Gasteiger partial charge is 0.320 e. The first-order valence-electron chi connectivity index (χ1n) is 6.35. The van der Waals surface area contributed by atoms with Crippen molar-refractivity contribution in [1.82, 2.24) is 10.2 Å². The van der Waals surface area contributed by atoms with Gasteiger partial charge in [-0.3, -0.25) is 0 Å². The summed E-state index contributed by atoms with van der Waals surface area (Å²) in [6, 6.07) is 7.81. The Morgan fingerprint density at radius 2 is 2.11 bits per heavy atom. The Morgan fingerprint density at radius 1 is 1.42 bits per heavy atom. The Balaban J connectivity index is 2.63. The average molecular weight is 325 g/mol. The zero-order chi connectivity index (χ0) is 14.5. The first-order valence-corrected chi connectivity index (χ1v) is 7.14. The number of rotatable bonds is 3. The lowest BCUT2D eigenvalue weighted by molar-refractivity contribution is 0.153. The van der Waals surface area contributed by atoms with Crippen molar-refractivity contribution in [1.29, 1.82) is 0 Å². The molecule has 0 radical (unpaired) electrons. The number of nitrogens with one attached hydrogen (secondary N) is 1. The van der Waals surface area contributed by atoms with E-state index in [2.05, 4.69) is 21.2 Å². The maximum Gasteiger partial charge on any atom is 0.321 e. The van der Waals surface area contributed by atoms with Gasteiger partial charge in [-0.05, 0) is 51.5 Å². The van der Waals surface area contributed by atoms with Gasteiger partial charge in [-0.1, -0.05) is 28.1 Å². The predicted molar refractivity (Wildman–Crippen MR) is 83.8 cm³/mol. The van der Waals surface area contributed by atoms with Gasteiger partial charge in [-0.2, -0.15) is 0 Å². The molecule has 0 aliphatic heterocycles. The van der Waals surface area contributed by atoms with Crippen LogP contribution in [0.3, 0.4) is 0 Å². The molecule has 104 valence electrons. The molecule has 1 N–H and O–H groups in total. The Bertz CT molecular complexity index is 463. The quantitative estimate of drug-likeness (QED) is 0.885. The molecule has 0 aliphatic rings. The first-order chi connectivity index (χ1) is 8.84. The average Bonchev–Trinajstić information content (AvgIpc) is 2.28. The summed E-state index contributed by atoms with van der Waals surface area (Å²) in [5.74, 6) is 0. The van der Waals surface area contributed by atoms with Crippen molar-refractivity contribution in [2.75, 3.05) is 6.54 Å². The summed E-state index contributed by atoms with van der Waals surface area (Å²) in [4.78, 5) is 13.8. The number of hydrogen-bond acceptors (Lipinski definition) is 1. The number of nitrogens with zero attached hydrogens (tertiary/aromatic N) is 1. The largest absolute Gasteiger partial charge is 0.321 e. The van der Waals surface area contributed by atoms with Crippen molar-refractivity contribution < 1.29 is 4.79 Å². The van der Waals surface area contributed by atoms with Crippen LogP contribution in [0.5, 0.6) is 0 Å². The summed E-state index contributed by atoms with van der Waals surface area (Å²) >= 11 is 3.41. The molecule has 1 rings (SSSR count). The van der Waals surface area contributed by atoms with Crippen LogP contribution in [0.15, 0.2) is 34.9 Å². The van der Waals surface area contributed by atoms with Gasteiger partial charge in [0.05, 0.1) is 0 Å². The molecule has 1 aromatic carbocycles. The van der Waals surface area contributed by atoms with E-state index in [9.17, 15) is 4.79 Å². The van der Waals surface area contributed by atoms with E-state index < -0.39 is 0 Å². The van der Waals surface area contributed by atoms with Gasteiger partial charge >= 0.3 is 6.03 Å². The Kier molecular flexibility index (Phi) is 5.60. The van der Waals surface area contributed by atoms with Gasteiger partial charge < -0.3 is 10.2 Å². The lowest BCUT2D eigenvalue weighted by Crippen LogP contribution is -2.48. The van der Waals surface area contributed by atoms with Crippen LogP contribution in [0.2, 0.25) is 0 Å². The topological polar surface area (TPSA) is 32.3 Å². The maximum absolute atomic E-state index is 12.0. The number of carbonyl (C=O) groups is 1. The molecule has 0 atom stereocenters. The van der Waals surface area contributed by atoms with Gasteiger partial charge in [0, 0.05) is 22.8 Å². The number of carbonyl (C=O) groups excluding carboxylic acids is 1. The second kappa shape index (κ2) is 6.75. The highest BCUT2D eigenvalue weighted by atomic mass is 79.9. The van der Waals surface area contributed by atoms with Crippen LogP contribution in [0, 0.1) is 0 Å². The number of urea groups is 1. The number of halogens is 1. The molecular weight excluding hydrogens is 304 g/mol. The third-order valence-electron chi connectivity index (χ3n) is 2.70. The minimum absolute atomic E-state index is 0.0822. The maximum atomic E-state index is 12.0. The van der Waals surface area contributed by atoms with Crippen LogP contribution >= 0.6 is 15.9 Å². The molecule has 0 aromatic heterocycles. The van der Waals surface area contributed by atoms with Gasteiger partial charge in [0.2, 0.25) is 0 Å². The minimum atomic E-state index is -0.178. The normalized spacial score (nSPS) is 11.6. The molecule has 4 heteroatoms. The van der Waals surface area contributed by atoms with Crippen molar-refractivity contribution in [2.24, 2.45) is 0 Å². The summed E-state index contributed by atoms with van der Waals surface area (Å²) in [5.41, 5.74) is 0.858. The Morgan fingerprint density at radius 3 is 2.63 bits per heavy atom. The van der Waals surface area contributed by atoms with E-state index in [-0.39, 0.29) is 11.6 Å². The summed E-state index contributed by atoms with van der Waals surface area (Å²) in [6.07, 6.45) is 3.55. The van der Waals surface area contributed by atoms with Crippen molar-refractivity contribution in [2.45, 2.75) is 33.2 Å². The highest BCUT2D eigenvalue weighted by Gasteiger charge is 2.23. The molecule has 0 bridgehead atoms. The van der Waals surface area contributed by atoms with Gasteiger partial charge in [0.25, 0.3) is 0 Å². The Hall–Kier alpha value is -1.29. The zero-order valence-corrected chi connectivity index (χ0v) is 13.5. The molecule has 0 aliphatic carbocycles. The van der Waals surface area contributed by atoms with Gasteiger partial charge in [-0.15, -0.1) is 0 Å². The molecule has 19 heavy (non-hydrogen) atoms. The molecule has 1 aromatic rings. The fourth-order valence-electron chi connectivity index (χ4n) is 1.82. The van der Waals surface area contributed by atoms with E-state index in [1.807, 2.05) is 58.0 Å². The summed E-state index contributed by atoms with van der Waals surface area (Å²) in [5, 5.41) is 2.80. The van der Waals surface area contributed by atoms with E-state index in [4.69, 9.17) is 0 Å². The van der Waals surface area contributed by atoms with Crippen LogP contribution in [0.1, 0.15) is 33.3 Å². The molecule has 0 spiro atoms. The second-order valence-corrected chi connectivity index (χ2v) is 6.17. The van der Waals surface area contributed by atoms with E-state index >= 15 is 0 Å². The van der Waals surface area contributed by atoms with Crippen LogP contribution in [0.25, 0.3) is 6.08 Å². The van der Waals surface area contributed by atoms with E-state index in [1.165, 1.54) is 0 Å². The lowest BCUT2D eigenvalue weighted by Gasteiger charge is -2.34. The molecule has 3 nitrogen and oxygen atoms in total. The third-order valence-corrected chi connectivity index (χ3v) is 3.20. The molecule has 0 saturated heterocycles. The summed E-state index contributed by atoms with van der Waals surface area (Å²) in [7, 11) is 0. The Labute approximate surface area is 123 Å². The van der Waals surface area contributed by atoms with E-state index in [0.29, 0.717) is 6.54 Å². The predicted octanol–water partition coefficient (Wildman–Crippen LogP) is 4.25. The van der Waals surface area contributed by atoms with Crippen LogP contribution in [-0.4, -0.2) is 23.0 Å². The van der Waals surface area contributed by atoms with Gasteiger partial charge in [0.1, 0.15) is 0 Å². The minimum Gasteiger partial charge on any atom is -0.320 e. The van der Waals surface area contributed by atoms with Crippen LogP contribution < -0.4 is 5.32 Å². The fraction of sp³-hybridized carbons (Fsp3) is 0.400. The first kappa shape index (κ1) is 15.8. The monoisotopic (exact) mass is 324 g/mol. The number of hydrogen-bond donors (Lipinski definition) is 1. The number of benzene rings is 1. The molecule has 0 unspecified atom stereocenters. The lowest BCUT2D eigenvalue weighted by atomic mass is 10.1. The van der Waals surface area contributed by atoms with E-state index in [0.717, 1.165) is 10.0 Å². The van der Waals surface area contributed by atoms with E-state index in [1.54, 1.807) is 11.1 Å². The van der Waals surface area contributed by atoms with Crippen molar-refractivity contribution in [3.05, 3.63) is 40.5 Å².